The first-order valence-electron chi connectivity index (χ1n) is 18.7. The summed E-state index contributed by atoms with van der Waals surface area (Å²) < 4.78 is 1.80. The second kappa shape index (κ2) is 15.8. The van der Waals surface area contributed by atoms with E-state index in [0.29, 0.717) is 11.3 Å². The first-order chi connectivity index (χ1) is 21.7. The van der Waals surface area contributed by atoms with Crippen molar-refractivity contribution < 1.29 is 49.0 Å². The number of halogens is 2. The van der Waals surface area contributed by atoms with Crippen LogP contribution in [0.1, 0.15) is 144 Å². The second-order valence-electron chi connectivity index (χ2n) is 18.3. The summed E-state index contributed by atoms with van der Waals surface area (Å²) in [7, 11) is 0. The van der Waals surface area contributed by atoms with Gasteiger partial charge in [-0.15, -0.1) is 39.7 Å². The van der Waals surface area contributed by atoms with Gasteiger partial charge in [0.2, 0.25) is 0 Å². The molecule has 0 aromatic heterocycles. The molecular formula is C45H60Cl2Zr-2. The Labute approximate surface area is 320 Å². The molecule has 260 valence electrons. The molecule has 5 saturated carbocycles. The van der Waals surface area contributed by atoms with Crippen LogP contribution in [0.3, 0.4) is 0 Å². The van der Waals surface area contributed by atoms with E-state index in [1.54, 1.807) is 71.5 Å². The summed E-state index contributed by atoms with van der Waals surface area (Å²) >= 11 is 1.69. The minimum atomic E-state index is 0. The van der Waals surface area contributed by atoms with Gasteiger partial charge in [0.15, 0.2) is 0 Å². The number of benzene rings is 2. The van der Waals surface area contributed by atoms with Crippen molar-refractivity contribution in [3.05, 3.63) is 76.9 Å². The van der Waals surface area contributed by atoms with Crippen LogP contribution in [0.4, 0.5) is 0 Å². The van der Waals surface area contributed by atoms with Gasteiger partial charge in [-0.3, -0.25) is 6.08 Å². The molecule has 48 heavy (non-hydrogen) atoms. The summed E-state index contributed by atoms with van der Waals surface area (Å²) in [5.41, 5.74) is 7.01. The molecule has 3 aromatic rings. The Morgan fingerprint density at radius 3 is 1.56 bits per heavy atom. The number of hydrogen-bond donors (Lipinski definition) is 0. The van der Waals surface area contributed by atoms with Crippen molar-refractivity contribution in [2.45, 2.75) is 143 Å². The molecule has 1 unspecified atom stereocenters. The van der Waals surface area contributed by atoms with Crippen molar-refractivity contribution in [1.82, 2.24) is 0 Å². The van der Waals surface area contributed by atoms with E-state index in [4.69, 9.17) is 0 Å². The SMILES string of the molecule is CC(C)(C)c1ccc2c(c1)[cH-]c1cc(C(C)(C)C)ccc12.CC1=[C-]C(C)C=C1CC12CC3CC(CC(C3)C1)C2.[Cl-].[Cl-].[Zr+2]=[C]1CCCCC1. The molecule has 5 fully saturated rings. The quantitative estimate of drug-likeness (QED) is 0.250. The van der Waals surface area contributed by atoms with Gasteiger partial charge in [0.05, 0.1) is 0 Å². The fraction of sp³-hybridized carbons (Fsp3) is 0.600. The predicted molar refractivity (Wildman–Crippen MR) is 197 cm³/mol. The average molecular weight is 763 g/mol. The van der Waals surface area contributed by atoms with Crippen molar-refractivity contribution in [3.8, 4) is 0 Å². The van der Waals surface area contributed by atoms with Gasteiger partial charge in [0.25, 0.3) is 0 Å². The molecular weight excluding hydrogens is 703 g/mol. The van der Waals surface area contributed by atoms with Crippen molar-refractivity contribution in [2.24, 2.45) is 29.1 Å². The molecule has 3 aromatic carbocycles. The third kappa shape index (κ3) is 9.31. The van der Waals surface area contributed by atoms with Crippen LogP contribution >= 0.6 is 0 Å². The Balaban J connectivity index is 0.000000176. The van der Waals surface area contributed by atoms with Gasteiger partial charge in [-0.1, -0.05) is 103 Å². The number of rotatable bonds is 2. The minimum absolute atomic E-state index is 0. The van der Waals surface area contributed by atoms with Gasteiger partial charge in [-0.05, 0) is 72.5 Å². The zero-order valence-electron chi connectivity index (χ0n) is 31.2. The Morgan fingerprint density at radius 2 is 1.21 bits per heavy atom. The molecule has 4 bridgehead atoms. The normalized spacial score (nSPS) is 27.7. The van der Waals surface area contributed by atoms with Gasteiger partial charge in [-0.25, -0.2) is 5.57 Å². The number of hydrogen-bond acceptors (Lipinski definition) is 0. The summed E-state index contributed by atoms with van der Waals surface area (Å²) in [6.45, 7) is 18.2. The summed E-state index contributed by atoms with van der Waals surface area (Å²) in [5.74, 6) is 3.82. The van der Waals surface area contributed by atoms with Gasteiger partial charge in [0.1, 0.15) is 0 Å². The Kier molecular flexibility index (Phi) is 13.1. The molecule has 0 heterocycles. The van der Waals surface area contributed by atoms with Crippen LogP contribution in [-0.2, 0) is 35.1 Å². The van der Waals surface area contributed by atoms with Crippen LogP contribution in [0.5, 0.6) is 0 Å². The van der Waals surface area contributed by atoms with E-state index in [-0.39, 0.29) is 35.6 Å². The van der Waals surface area contributed by atoms with Crippen molar-refractivity contribution in [2.75, 3.05) is 0 Å². The standard InChI is InChI=1S/C21H25.C18H25.C6H10.2ClH.Zr/c1-20(2,3)16-7-9-18-14(12-16)11-15-13-17(21(4,5)6)8-10-19(15)18;1-12-3-13(2)17(4-12)11-18-8-14-5-15(9-18)7-16(6-14)10-18;1-2-4-6-5-3-1;;;/h7-13H,1-6H3;4,12,14-16H,5-11H2,1-2H3;1-5H2;2*1H;/q2*-1;;;;+2/p-2. The van der Waals surface area contributed by atoms with Gasteiger partial charge < -0.3 is 24.8 Å². The second-order valence-corrected chi connectivity index (χ2v) is 20.0. The molecule has 1 atom stereocenters. The summed E-state index contributed by atoms with van der Waals surface area (Å²) in [5, 5.41) is 5.48. The molecule has 9 rings (SSSR count). The Morgan fingerprint density at radius 1 is 0.750 bits per heavy atom. The molecule has 0 saturated heterocycles. The Hall–Kier alpha value is -0.877. The van der Waals surface area contributed by atoms with Crippen molar-refractivity contribution >= 4 is 24.8 Å². The molecule has 6 aliphatic rings. The topological polar surface area (TPSA) is 0 Å². The van der Waals surface area contributed by atoms with E-state index in [9.17, 15) is 0 Å². The van der Waals surface area contributed by atoms with Crippen LogP contribution in [-0.4, -0.2) is 3.21 Å². The van der Waals surface area contributed by atoms with E-state index in [1.807, 2.05) is 0 Å². The molecule has 0 radical (unpaired) electrons. The maximum atomic E-state index is 3.57. The van der Waals surface area contributed by atoms with Crippen LogP contribution in [0.25, 0.3) is 21.5 Å². The molecule has 3 heteroatoms. The van der Waals surface area contributed by atoms with E-state index in [1.165, 1.54) is 76.8 Å². The predicted octanol–water partition coefficient (Wildman–Crippen LogP) is 6.90. The molecule has 0 spiro atoms. The van der Waals surface area contributed by atoms with Gasteiger partial charge >= 0.3 is 59.5 Å². The van der Waals surface area contributed by atoms with E-state index in [2.05, 4.69) is 110 Å². The third-order valence-corrected chi connectivity index (χ3v) is 13.2. The zero-order valence-corrected chi connectivity index (χ0v) is 35.1. The average Bonchev–Trinajstić information content (AvgIpc) is 3.49. The van der Waals surface area contributed by atoms with Gasteiger partial charge in [0, 0.05) is 0 Å². The summed E-state index contributed by atoms with van der Waals surface area (Å²) in [4.78, 5) is 0. The first kappa shape index (κ1) is 39.9. The third-order valence-electron chi connectivity index (χ3n) is 12.0. The molecule has 0 amide bonds. The molecule has 0 N–H and O–H groups in total. The molecule has 0 nitrogen and oxygen atoms in total. The van der Waals surface area contributed by atoms with Crippen molar-refractivity contribution in [1.29, 1.82) is 0 Å². The maximum absolute atomic E-state index is 3.57. The van der Waals surface area contributed by atoms with Crippen LogP contribution in [0.15, 0.2) is 59.7 Å². The van der Waals surface area contributed by atoms with E-state index < -0.39 is 0 Å². The molecule has 6 aliphatic carbocycles. The zero-order chi connectivity index (χ0) is 32.9. The fourth-order valence-electron chi connectivity index (χ4n) is 9.94. The van der Waals surface area contributed by atoms with E-state index >= 15 is 0 Å². The van der Waals surface area contributed by atoms with Crippen LogP contribution in [0, 0.1) is 35.2 Å². The summed E-state index contributed by atoms with van der Waals surface area (Å²) in [6.07, 6.45) is 24.1. The fourth-order valence-corrected chi connectivity index (χ4v) is 10.8. The van der Waals surface area contributed by atoms with Crippen LogP contribution < -0.4 is 24.8 Å². The number of allylic oxidation sites excluding steroid dienone is 4. The molecule has 0 aliphatic heterocycles. The monoisotopic (exact) mass is 760 g/mol. The van der Waals surface area contributed by atoms with E-state index in [0.717, 1.165) is 17.8 Å². The summed E-state index contributed by atoms with van der Waals surface area (Å²) in [6, 6.07) is 16.2. The number of fused-ring (bicyclic) bond motifs is 3. The van der Waals surface area contributed by atoms with Crippen LogP contribution in [0.2, 0.25) is 0 Å². The Bertz CT molecular complexity index is 1520. The first-order valence-corrected chi connectivity index (χ1v) is 19.9. The van der Waals surface area contributed by atoms with Crippen molar-refractivity contribution in [3.63, 3.8) is 0 Å². The van der Waals surface area contributed by atoms with Gasteiger partial charge in [-0.2, -0.15) is 11.6 Å².